The van der Waals surface area contributed by atoms with E-state index in [1.54, 1.807) is 0 Å². The van der Waals surface area contributed by atoms with E-state index < -0.39 is 0 Å². The highest BCUT2D eigenvalue weighted by Gasteiger charge is 2.15. The van der Waals surface area contributed by atoms with Crippen molar-refractivity contribution in [2.24, 2.45) is 0 Å². The minimum atomic E-state index is 1.00. The molecule has 0 saturated carbocycles. The molecular weight excluding hydrogens is 222 g/mol. The first-order valence-electron chi connectivity index (χ1n) is 6.98. The Morgan fingerprint density at radius 3 is 2.06 bits per heavy atom. The molecule has 0 aromatic heterocycles. The number of rotatable bonds is 3. The van der Waals surface area contributed by atoms with Crippen molar-refractivity contribution in [3.8, 4) is 0 Å². The molecule has 0 radical (unpaired) electrons. The molecule has 0 amide bonds. The molecule has 3 heteroatoms. The Bertz CT molecular complexity index is 313. The first kappa shape index (κ1) is 15.0. The van der Waals surface area contributed by atoms with Crippen LogP contribution in [-0.2, 0) is 0 Å². The van der Waals surface area contributed by atoms with Crippen LogP contribution in [0.3, 0.4) is 0 Å². The summed E-state index contributed by atoms with van der Waals surface area (Å²) in [6.45, 7) is 11.7. The molecule has 1 aliphatic rings. The minimum absolute atomic E-state index is 1.00. The summed E-state index contributed by atoms with van der Waals surface area (Å²) in [4.78, 5) is 4.91. The Hall–Kier alpha value is -1.06. The van der Waals surface area contributed by atoms with Crippen molar-refractivity contribution < 1.29 is 0 Å². The van der Waals surface area contributed by atoms with E-state index in [9.17, 15) is 0 Å². The van der Waals surface area contributed by atoms with E-state index in [-0.39, 0.29) is 0 Å². The van der Waals surface area contributed by atoms with Gasteiger partial charge in [-0.2, -0.15) is 0 Å². The molecule has 0 atom stereocenters. The number of hydrogen-bond acceptors (Lipinski definition) is 3. The fraction of sp³-hybridized carbons (Fsp3) is 0.600. The number of hydrogen-bond donors (Lipinski definition) is 1. The monoisotopic (exact) mass is 249 g/mol. The van der Waals surface area contributed by atoms with Crippen LogP contribution in [0.1, 0.15) is 19.4 Å². The molecule has 2 rings (SSSR count). The summed E-state index contributed by atoms with van der Waals surface area (Å²) < 4.78 is 0. The van der Waals surface area contributed by atoms with Gasteiger partial charge in [-0.25, -0.2) is 0 Å². The topological polar surface area (TPSA) is 18.5 Å². The molecule has 1 aromatic carbocycles. The summed E-state index contributed by atoms with van der Waals surface area (Å²) in [6, 6.07) is 8.83. The Morgan fingerprint density at radius 2 is 1.56 bits per heavy atom. The molecule has 0 bridgehead atoms. The Labute approximate surface area is 112 Å². The van der Waals surface area contributed by atoms with Gasteiger partial charge < -0.3 is 10.2 Å². The third-order valence-electron chi connectivity index (χ3n) is 3.15. The molecule has 0 spiro atoms. The van der Waals surface area contributed by atoms with Gasteiger partial charge in [-0.3, -0.25) is 4.90 Å². The molecule has 102 valence electrons. The zero-order valence-corrected chi connectivity index (χ0v) is 12.2. The average molecular weight is 249 g/mol. The van der Waals surface area contributed by atoms with Gasteiger partial charge in [0.15, 0.2) is 0 Å². The lowest BCUT2D eigenvalue weighted by Gasteiger charge is -2.35. The summed E-state index contributed by atoms with van der Waals surface area (Å²) >= 11 is 0. The Morgan fingerprint density at radius 1 is 1.00 bits per heavy atom. The molecular formula is C15H27N3. The van der Waals surface area contributed by atoms with E-state index in [2.05, 4.69) is 46.3 Å². The maximum Gasteiger partial charge on any atom is 0.0479 e. The van der Waals surface area contributed by atoms with E-state index in [0.717, 1.165) is 32.8 Å². The summed E-state index contributed by atoms with van der Waals surface area (Å²) in [6.07, 6.45) is 0. The van der Waals surface area contributed by atoms with Gasteiger partial charge in [0.1, 0.15) is 0 Å². The highest BCUT2D eigenvalue weighted by Crippen LogP contribution is 2.16. The Kier molecular flexibility index (Phi) is 6.76. The number of benzene rings is 1. The van der Waals surface area contributed by atoms with E-state index in [1.807, 2.05) is 20.9 Å². The molecule has 3 nitrogen and oxygen atoms in total. The molecule has 1 aromatic rings. The molecule has 0 aliphatic carbocycles. The van der Waals surface area contributed by atoms with Crippen molar-refractivity contribution in [2.45, 2.75) is 20.8 Å². The van der Waals surface area contributed by atoms with Crippen molar-refractivity contribution in [3.05, 3.63) is 29.8 Å². The summed E-state index contributed by atoms with van der Waals surface area (Å²) in [5, 5.41) is 3.21. The molecule has 1 aliphatic heterocycles. The second-order valence-electron chi connectivity index (χ2n) is 4.45. The van der Waals surface area contributed by atoms with Crippen LogP contribution in [0.2, 0.25) is 0 Å². The Balaban J connectivity index is 0.000000771. The van der Waals surface area contributed by atoms with Gasteiger partial charge in [0.25, 0.3) is 0 Å². The fourth-order valence-corrected chi connectivity index (χ4v) is 2.14. The van der Waals surface area contributed by atoms with Crippen LogP contribution in [0.5, 0.6) is 0 Å². The van der Waals surface area contributed by atoms with Gasteiger partial charge in [0, 0.05) is 38.5 Å². The van der Waals surface area contributed by atoms with Crippen LogP contribution in [0, 0.1) is 6.92 Å². The van der Waals surface area contributed by atoms with Gasteiger partial charge >= 0.3 is 0 Å². The second kappa shape index (κ2) is 8.11. The van der Waals surface area contributed by atoms with Crippen LogP contribution in [-0.4, -0.2) is 44.8 Å². The second-order valence-corrected chi connectivity index (χ2v) is 4.45. The van der Waals surface area contributed by atoms with E-state index in [4.69, 9.17) is 0 Å². The van der Waals surface area contributed by atoms with Gasteiger partial charge in [-0.1, -0.05) is 31.5 Å². The fourth-order valence-electron chi connectivity index (χ4n) is 2.14. The third kappa shape index (κ3) is 4.31. The number of aryl methyl sites for hydroxylation is 1. The molecule has 1 fully saturated rings. The van der Waals surface area contributed by atoms with Crippen molar-refractivity contribution in [3.63, 3.8) is 0 Å². The van der Waals surface area contributed by atoms with Crippen LogP contribution < -0.4 is 10.2 Å². The van der Waals surface area contributed by atoms with E-state index >= 15 is 0 Å². The molecule has 1 saturated heterocycles. The number of anilines is 1. The average Bonchev–Trinajstić information content (AvgIpc) is 2.43. The zero-order valence-electron chi connectivity index (χ0n) is 12.2. The zero-order chi connectivity index (χ0) is 13.4. The molecule has 18 heavy (non-hydrogen) atoms. The third-order valence-corrected chi connectivity index (χ3v) is 3.15. The van der Waals surface area contributed by atoms with Gasteiger partial charge in [0.05, 0.1) is 0 Å². The van der Waals surface area contributed by atoms with Crippen molar-refractivity contribution in [2.75, 3.05) is 44.8 Å². The predicted octanol–water partition coefficient (Wildman–Crippen LogP) is 2.32. The number of nitrogens with one attached hydrogen (secondary N) is 1. The molecule has 0 unspecified atom stereocenters. The first-order chi connectivity index (χ1) is 8.79. The summed E-state index contributed by atoms with van der Waals surface area (Å²) in [5.41, 5.74) is 2.69. The quantitative estimate of drug-likeness (QED) is 0.887. The van der Waals surface area contributed by atoms with Gasteiger partial charge in [0.2, 0.25) is 0 Å². The minimum Gasteiger partial charge on any atom is -0.369 e. The predicted molar refractivity (Wildman–Crippen MR) is 80.2 cm³/mol. The van der Waals surface area contributed by atoms with Crippen molar-refractivity contribution in [1.82, 2.24) is 10.2 Å². The number of piperazine rings is 1. The maximum absolute atomic E-state index is 3.21. The maximum atomic E-state index is 3.21. The largest absolute Gasteiger partial charge is 0.369 e. The summed E-state index contributed by atoms with van der Waals surface area (Å²) in [7, 11) is 2.01. The SMILES string of the molecule is CC.CNCN1CCN(c2ccc(C)cc2)CC1. The van der Waals surface area contributed by atoms with Crippen LogP contribution in [0.15, 0.2) is 24.3 Å². The lowest BCUT2D eigenvalue weighted by atomic mass is 10.2. The molecule has 1 N–H and O–H groups in total. The summed E-state index contributed by atoms with van der Waals surface area (Å²) in [5.74, 6) is 0. The normalized spacial score (nSPS) is 16.1. The van der Waals surface area contributed by atoms with E-state index in [0.29, 0.717) is 0 Å². The van der Waals surface area contributed by atoms with E-state index in [1.165, 1.54) is 11.3 Å². The smallest absolute Gasteiger partial charge is 0.0479 e. The molecule has 1 heterocycles. The van der Waals surface area contributed by atoms with Gasteiger partial charge in [-0.05, 0) is 26.1 Å². The van der Waals surface area contributed by atoms with Crippen LogP contribution in [0.4, 0.5) is 5.69 Å². The number of nitrogens with zero attached hydrogens (tertiary/aromatic N) is 2. The van der Waals surface area contributed by atoms with Crippen LogP contribution in [0.25, 0.3) is 0 Å². The van der Waals surface area contributed by atoms with Crippen molar-refractivity contribution >= 4 is 5.69 Å². The lowest BCUT2D eigenvalue weighted by Crippen LogP contribution is -2.48. The van der Waals surface area contributed by atoms with Gasteiger partial charge in [-0.15, -0.1) is 0 Å². The van der Waals surface area contributed by atoms with Crippen LogP contribution >= 0.6 is 0 Å². The highest BCUT2D eigenvalue weighted by molar-refractivity contribution is 5.47. The highest BCUT2D eigenvalue weighted by atomic mass is 15.3. The van der Waals surface area contributed by atoms with Crippen molar-refractivity contribution in [1.29, 1.82) is 0 Å². The lowest BCUT2D eigenvalue weighted by molar-refractivity contribution is 0.246. The first-order valence-corrected chi connectivity index (χ1v) is 6.98. The standard InChI is InChI=1S/C13H21N3.C2H6/c1-12-3-5-13(6-4-12)16-9-7-15(8-10-16)11-14-2;1-2/h3-6,14H,7-11H2,1-2H3;1-2H3.